The van der Waals surface area contributed by atoms with Gasteiger partial charge in [0.2, 0.25) is 9.76 Å². The van der Waals surface area contributed by atoms with Crippen LogP contribution in [0.3, 0.4) is 0 Å². The smallest absolute Gasteiger partial charge is 0.415 e. The van der Waals surface area contributed by atoms with E-state index in [0.717, 1.165) is 0 Å². The average Bonchev–Trinajstić information content (AvgIpc) is 3.25. The molecule has 3 heteroatoms. The third kappa shape index (κ3) is 10.6. The summed E-state index contributed by atoms with van der Waals surface area (Å²) in [5, 5.41) is 5.51. The van der Waals surface area contributed by atoms with Gasteiger partial charge in [0.15, 0.2) is 0 Å². The fraction of sp³-hybridized carbons (Fsp3) is 0.290. The predicted octanol–water partition coefficient (Wildman–Crippen LogP) is 9.18. The van der Waals surface area contributed by atoms with Gasteiger partial charge in [0, 0.05) is 6.10 Å². The molecular weight excluding hydrogens is 508 g/mol. The summed E-state index contributed by atoms with van der Waals surface area (Å²) in [6.07, 6.45) is 5.99. The summed E-state index contributed by atoms with van der Waals surface area (Å²) in [6.45, 7) is 20.2. The van der Waals surface area contributed by atoms with Crippen molar-refractivity contribution in [3.8, 4) is 0 Å². The molecule has 0 aromatic heterocycles. The zero-order valence-electron chi connectivity index (χ0n) is 22.2. The number of aryl methyl sites for hydroxylation is 4. The number of fused-ring (bicyclic) bond motifs is 2. The van der Waals surface area contributed by atoms with Crippen LogP contribution < -0.4 is 0 Å². The SMILES string of the molecule is C=CC=CC.C[Si]OC(C)C.Cc1[cH-]c2ccccc2c1C.Cc1[cH-]c2ccccc2c1C.[Zr+2]. The van der Waals surface area contributed by atoms with Crippen molar-refractivity contribution in [1.82, 2.24) is 0 Å². The van der Waals surface area contributed by atoms with Gasteiger partial charge < -0.3 is 4.43 Å². The van der Waals surface area contributed by atoms with Crippen LogP contribution in [-0.4, -0.2) is 15.9 Å². The maximum absolute atomic E-state index is 5.07. The van der Waals surface area contributed by atoms with Gasteiger partial charge >= 0.3 is 26.2 Å². The first-order chi connectivity index (χ1) is 15.8. The van der Waals surface area contributed by atoms with E-state index < -0.39 is 0 Å². The van der Waals surface area contributed by atoms with E-state index in [0.29, 0.717) is 15.9 Å². The molecule has 0 fully saturated rings. The van der Waals surface area contributed by atoms with Crippen molar-refractivity contribution in [2.24, 2.45) is 0 Å². The van der Waals surface area contributed by atoms with Crippen LogP contribution in [0.2, 0.25) is 6.55 Å². The predicted molar refractivity (Wildman–Crippen MR) is 151 cm³/mol. The molecule has 0 aliphatic heterocycles. The van der Waals surface area contributed by atoms with Crippen molar-refractivity contribution in [2.45, 2.75) is 61.1 Å². The molecule has 4 aromatic rings. The molecule has 0 aliphatic carbocycles. The Balaban J connectivity index is 0.000000449. The van der Waals surface area contributed by atoms with Crippen LogP contribution in [0.1, 0.15) is 43.0 Å². The van der Waals surface area contributed by atoms with Gasteiger partial charge in [-0.2, -0.15) is 11.1 Å². The van der Waals surface area contributed by atoms with Gasteiger partial charge in [0.05, 0.1) is 0 Å². The minimum Gasteiger partial charge on any atom is -0.415 e. The molecule has 178 valence electrons. The van der Waals surface area contributed by atoms with E-state index in [9.17, 15) is 0 Å². The van der Waals surface area contributed by atoms with Gasteiger partial charge in [0.1, 0.15) is 0 Å². The van der Waals surface area contributed by atoms with E-state index in [1.165, 1.54) is 43.8 Å². The summed E-state index contributed by atoms with van der Waals surface area (Å²) in [6, 6.07) is 21.5. The summed E-state index contributed by atoms with van der Waals surface area (Å²) in [4.78, 5) is 0. The Labute approximate surface area is 229 Å². The molecule has 0 unspecified atom stereocenters. The average molecular weight is 548 g/mol. The van der Waals surface area contributed by atoms with Crippen molar-refractivity contribution < 1.29 is 30.6 Å². The quantitative estimate of drug-likeness (QED) is 0.141. The summed E-state index contributed by atoms with van der Waals surface area (Å²) in [5.74, 6) is 0. The van der Waals surface area contributed by atoms with Crippen LogP contribution in [-0.2, 0) is 30.6 Å². The third-order valence-electron chi connectivity index (χ3n) is 5.34. The van der Waals surface area contributed by atoms with Crippen molar-refractivity contribution in [3.63, 3.8) is 0 Å². The van der Waals surface area contributed by atoms with Gasteiger partial charge in [-0.1, -0.05) is 64.6 Å². The molecule has 0 spiro atoms. The maximum Gasteiger partial charge on any atom is 2.00 e. The van der Waals surface area contributed by atoms with E-state index in [-0.39, 0.29) is 26.2 Å². The number of allylic oxidation sites excluding steroid dienone is 3. The van der Waals surface area contributed by atoms with Crippen LogP contribution in [0.15, 0.2) is 85.5 Å². The molecule has 0 atom stereocenters. The first kappa shape index (κ1) is 32.2. The van der Waals surface area contributed by atoms with Gasteiger partial charge in [-0.3, -0.25) is 0 Å². The molecule has 0 N–H and O–H groups in total. The van der Waals surface area contributed by atoms with E-state index in [4.69, 9.17) is 4.43 Å². The second-order valence-corrected chi connectivity index (χ2v) is 8.86. The second-order valence-electron chi connectivity index (χ2n) is 8.21. The molecule has 0 bridgehead atoms. The van der Waals surface area contributed by atoms with Crippen LogP contribution in [0.5, 0.6) is 0 Å². The number of hydrogen-bond donors (Lipinski definition) is 0. The van der Waals surface area contributed by atoms with Gasteiger partial charge in [-0.05, 0) is 27.3 Å². The molecule has 4 rings (SSSR count). The van der Waals surface area contributed by atoms with Crippen LogP contribution in [0.25, 0.3) is 21.5 Å². The van der Waals surface area contributed by atoms with E-state index in [1.54, 1.807) is 6.08 Å². The standard InChI is InChI=1S/2C11H11.C5H8.C4H10OSi.Zr/c2*1-8-7-10-5-3-4-6-11(10)9(8)2;1-3-5-4-2;1-4(2)5-6-3;/h2*3-7H,1-2H3;3-5H,1H2,2H3;4H,1-3H3;/q2*-1;;;+2. The van der Waals surface area contributed by atoms with E-state index in [1.807, 2.05) is 39.5 Å². The molecule has 34 heavy (non-hydrogen) atoms. The Morgan fingerprint density at radius 2 is 1.24 bits per heavy atom. The zero-order valence-corrected chi connectivity index (χ0v) is 25.7. The second kappa shape index (κ2) is 17.6. The number of hydrogen-bond acceptors (Lipinski definition) is 1. The molecule has 4 aromatic carbocycles. The van der Waals surface area contributed by atoms with Crippen molar-refractivity contribution in [2.75, 3.05) is 0 Å². The topological polar surface area (TPSA) is 9.23 Å². The van der Waals surface area contributed by atoms with Crippen LogP contribution >= 0.6 is 0 Å². The first-order valence-corrected chi connectivity index (χ1v) is 13.0. The Hall–Kier alpha value is -1.80. The fourth-order valence-corrected chi connectivity index (χ4v) is 3.88. The molecule has 0 aliphatic rings. The maximum atomic E-state index is 5.07. The van der Waals surface area contributed by atoms with Crippen molar-refractivity contribution >= 4 is 31.3 Å². The fourth-order valence-electron chi connectivity index (χ4n) is 3.41. The first-order valence-electron chi connectivity index (χ1n) is 11.6. The van der Waals surface area contributed by atoms with Gasteiger partial charge in [-0.25, -0.2) is 0 Å². The summed E-state index contributed by atoms with van der Waals surface area (Å²) in [7, 11) is 0.638. The largest absolute Gasteiger partial charge is 2.00 e. The minimum atomic E-state index is 0. The Bertz CT molecular complexity index is 1050. The van der Waals surface area contributed by atoms with E-state index >= 15 is 0 Å². The monoisotopic (exact) mass is 546 g/mol. The molecule has 0 amide bonds. The van der Waals surface area contributed by atoms with Crippen LogP contribution in [0, 0.1) is 27.7 Å². The van der Waals surface area contributed by atoms with Crippen molar-refractivity contribution in [3.05, 3.63) is 108 Å². The minimum absolute atomic E-state index is 0. The normalized spacial score (nSPS) is 10.0. The molecule has 1 nitrogen and oxygen atoms in total. The number of benzene rings is 2. The van der Waals surface area contributed by atoms with Crippen LogP contribution in [0.4, 0.5) is 0 Å². The Kier molecular flexibility index (Phi) is 16.7. The molecular formula is C31H40OSiZr. The molecule has 2 radical (unpaired) electrons. The Morgan fingerprint density at radius 3 is 1.47 bits per heavy atom. The Morgan fingerprint density at radius 1 is 0.824 bits per heavy atom. The zero-order chi connectivity index (χ0) is 24.8. The summed E-state index contributed by atoms with van der Waals surface area (Å²) in [5.41, 5.74) is 5.62. The van der Waals surface area contributed by atoms with Gasteiger partial charge in [-0.15, -0.1) is 81.2 Å². The number of rotatable bonds is 3. The third-order valence-corrected chi connectivity index (χ3v) is 6.05. The summed E-state index contributed by atoms with van der Waals surface area (Å²) >= 11 is 0. The molecule has 0 saturated heterocycles. The van der Waals surface area contributed by atoms with Gasteiger partial charge in [0.25, 0.3) is 0 Å². The molecule has 0 heterocycles. The van der Waals surface area contributed by atoms with Crippen molar-refractivity contribution in [1.29, 1.82) is 0 Å². The molecule has 0 saturated carbocycles. The van der Waals surface area contributed by atoms with E-state index in [2.05, 4.69) is 94.9 Å². The summed E-state index contributed by atoms with van der Waals surface area (Å²) < 4.78 is 5.07.